The van der Waals surface area contributed by atoms with E-state index in [0.29, 0.717) is 11.5 Å². The molecular formula is C16H13FN4O. The lowest BCUT2D eigenvalue weighted by Crippen LogP contribution is -2.12. The molecule has 2 aromatic carbocycles. The number of aromatic nitrogens is 3. The number of anilines is 1. The van der Waals surface area contributed by atoms with Gasteiger partial charge in [0.2, 0.25) is 0 Å². The van der Waals surface area contributed by atoms with Gasteiger partial charge in [0.25, 0.3) is 5.91 Å². The topological polar surface area (TPSA) is 59.8 Å². The van der Waals surface area contributed by atoms with Crippen molar-refractivity contribution in [3.8, 4) is 11.4 Å². The Labute approximate surface area is 126 Å². The molecule has 1 heterocycles. The van der Waals surface area contributed by atoms with Gasteiger partial charge in [-0.05, 0) is 30.3 Å². The second kappa shape index (κ2) is 5.77. The summed E-state index contributed by atoms with van der Waals surface area (Å²) in [7, 11) is 1.78. The minimum absolute atomic E-state index is 0.265. The summed E-state index contributed by atoms with van der Waals surface area (Å²) >= 11 is 0. The number of carbonyl (C=O) groups is 1. The van der Waals surface area contributed by atoms with Crippen molar-refractivity contribution in [2.75, 3.05) is 5.32 Å². The first-order valence-corrected chi connectivity index (χ1v) is 6.65. The second-order valence-corrected chi connectivity index (χ2v) is 4.79. The van der Waals surface area contributed by atoms with Crippen molar-refractivity contribution >= 4 is 11.6 Å². The fourth-order valence-corrected chi connectivity index (χ4v) is 2.04. The average molecular weight is 296 g/mol. The van der Waals surface area contributed by atoms with Gasteiger partial charge in [0.05, 0.1) is 0 Å². The van der Waals surface area contributed by atoms with E-state index in [1.165, 1.54) is 18.2 Å². The van der Waals surface area contributed by atoms with E-state index < -0.39 is 5.82 Å². The van der Waals surface area contributed by atoms with Gasteiger partial charge in [-0.3, -0.25) is 9.48 Å². The highest BCUT2D eigenvalue weighted by atomic mass is 19.1. The Hall–Kier alpha value is -3.02. The highest BCUT2D eigenvalue weighted by Crippen LogP contribution is 2.19. The second-order valence-electron chi connectivity index (χ2n) is 4.79. The zero-order valence-electron chi connectivity index (χ0n) is 11.8. The maximum Gasteiger partial charge on any atom is 0.255 e. The third-order valence-electron chi connectivity index (χ3n) is 3.07. The number of nitrogens with one attached hydrogen (secondary N) is 1. The monoisotopic (exact) mass is 296 g/mol. The molecule has 0 fully saturated rings. The summed E-state index contributed by atoms with van der Waals surface area (Å²) in [6.07, 6.45) is 1.60. The van der Waals surface area contributed by atoms with Crippen molar-refractivity contribution in [2.45, 2.75) is 0 Å². The fraction of sp³-hybridized carbons (Fsp3) is 0.0625. The normalized spacial score (nSPS) is 10.5. The van der Waals surface area contributed by atoms with Crippen molar-refractivity contribution in [3.63, 3.8) is 0 Å². The molecule has 0 saturated carbocycles. The molecule has 3 aromatic rings. The molecule has 0 bridgehead atoms. The van der Waals surface area contributed by atoms with Crippen LogP contribution >= 0.6 is 0 Å². The van der Waals surface area contributed by atoms with Crippen molar-refractivity contribution in [1.82, 2.24) is 14.8 Å². The van der Waals surface area contributed by atoms with Crippen LogP contribution in [0.3, 0.4) is 0 Å². The Bertz CT molecular complexity index is 828. The molecule has 5 nitrogen and oxygen atoms in total. The summed E-state index contributed by atoms with van der Waals surface area (Å²) in [5.74, 6) is -0.242. The highest BCUT2D eigenvalue weighted by Gasteiger charge is 2.09. The van der Waals surface area contributed by atoms with Gasteiger partial charge in [0, 0.05) is 23.9 Å². The van der Waals surface area contributed by atoms with Gasteiger partial charge in [0.15, 0.2) is 5.82 Å². The Morgan fingerprint density at radius 3 is 2.73 bits per heavy atom. The summed E-state index contributed by atoms with van der Waals surface area (Å²) in [4.78, 5) is 16.3. The summed E-state index contributed by atoms with van der Waals surface area (Å²) < 4.78 is 14.8. The van der Waals surface area contributed by atoms with Crippen LogP contribution in [0.15, 0.2) is 54.9 Å². The summed E-state index contributed by atoms with van der Waals surface area (Å²) in [6, 6.07) is 12.7. The van der Waals surface area contributed by atoms with Crippen molar-refractivity contribution in [1.29, 1.82) is 0 Å². The number of carbonyl (C=O) groups excluding carboxylic acids is 1. The average Bonchev–Trinajstić information content (AvgIpc) is 2.94. The maximum atomic E-state index is 13.2. The number of rotatable bonds is 3. The van der Waals surface area contributed by atoms with Crippen LogP contribution in [0, 0.1) is 5.82 Å². The molecule has 0 aliphatic rings. The molecule has 0 saturated heterocycles. The number of halogens is 1. The quantitative estimate of drug-likeness (QED) is 0.808. The van der Waals surface area contributed by atoms with E-state index in [1.807, 2.05) is 6.07 Å². The van der Waals surface area contributed by atoms with Crippen LogP contribution in [-0.2, 0) is 7.05 Å². The standard InChI is InChI=1S/C16H13FN4O/c1-21-10-18-15(20-21)11-4-3-7-14(9-11)19-16(22)12-5-2-6-13(17)8-12/h2-10H,1H3,(H,19,22). The van der Waals surface area contributed by atoms with Crippen molar-refractivity contribution < 1.29 is 9.18 Å². The van der Waals surface area contributed by atoms with Crippen LogP contribution in [0.4, 0.5) is 10.1 Å². The van der Waals surface area contributed by atoms with Crippen LogP contribution in [0.5, 0.6) is 0 Å². The number of benzene rings is 2. The molecule has 0 radical (unpaired) electrons. The number of hydrogen-bond donors (Lipinski definition) is 1. The van der Waals surface area contributed by atoms with Crippen LogP contribution < -0.4 is 5.32 Å². The number of amides is 1. The minimum Gasteiger partial charge on any atom is -0.322 e. The molecular weight excluding hydrogens is 283 g/mol. The molecule has 0 aliphatic heterocycles. The lowest BCUT2D eigenvalue weighted by molar-refractivity contribution is 0.102. The third kappa shape index (κ3) is 3.01. The fourth-order valence-electron chi connectivity index (χ4n) is 2.04. The maximum absolute atomic E-state index is 13.2. The van der Waals surface area contributed by atoms with Crippen molar-refractivity contribution in [3.05, 3.63) is 66.2 Å². The van der Waals surface area contributed by atoms with Gasteiger partial charge in [0.1, 0.15) is 12.1 Å². The molecule has 1 amide bonds. The predicted octanol–water partition coefficient (Wildman–Crippen LogP) is 2.87. The first-order chi connectivity index (χ1) is 10.6. The van der Waals surface area contributed by atoms with E-state index in [4.69, 9.17) is 0 Å². The summed E-state index contributed by atoms with van der Waals surface area (Å²) in [5.41, 5.74) is 1.65. The Morgan fingerprint density at radius 2 is 2.00 bits per heavy atom. The molecule has 0 aliphatic carbocycles. The third-order valence-corrected chi connectivity index (χ3v) is 3.07. The van der Waals surface area contributed by atoms with E-state index in [1.54, 1.807) is 42.3 Å². The number of aryl methyl sites for hydroxylation is 1. The molecule has 1 N–H and O–H groups in total. The zero-order chi connectivity index (χ0) is 15.5. The smallest absolute Gasteiger partial charge is 0.255 e. The van der Waals surface area contributed by atoms with Crippen LogP contribution in [0.25, 0.3) is 11.4 Å². The Balaban J connectivity index is 1.82. The van der Waals surface area contributed by atoms with Crippen molar-refractivity contribution in [2.24, 2.45) is 7.05 Å². The van der Waals surface area contributed by atoms with Gasteiger partial charge in [-0.25, -0.2) is 9.37 Å². The zero-order valence-corrected chi connectivity index (χ0v) is 11.8. The molecule has 0 atom stereocenters. The lowest BCUT2D eigenvalue weighted by Gasteiger charge is -2.06. The molecule has 6 heteroatoms. The summed E-state index contributed by atoms with van der Waals surface area (Å²) in [6.45, 7) is 0. The van der Waals surface area contributed by atoms with Gasteiger partial charge in [-0.15, -0.1) is 0 Å². The number of nitrogens with zero attached hydrogens (tertiary/aromatic N) is 3. The minimum atomic E-state index is -0.445. The van der Waals surface area contributed by atoms with Gasteiger partial charge in [-0.1, -0.05) is 18.2 Å². The van der Waals surface area contributed by atoms with E-state index in [0.717, 1.165) is 5.56 Å². The van der Waals surface area contributed by atoms with Crippen LogP contribution in [0.1, 0.15) is 10.4 Å². The van der Waals surface area contributed by atoms with Crippen LogP contribution in [-0.4, -0.2) is 20.7 Å². The SMILES string of the molecule is Cn1cnc(-c2cccc(NC(=O)c3cccc(F)c3)c2)n1. The lowest BCUT2D eigenvalue weighted by atomic mass is 10.1. The van der Waals surface area contributed by atoms with E-state index in [2.05, 4.69) is 15.4 Å². The molecule has 3 rings (SSSR count). The molecule has 22 heavy (non-hydrogen) atoms. The predicted molar refractivity (Wildman–Crippen MR) is 80.8 cm³/mol. The number of hydrogen-bond acceptors (Lipinski definition) is 3. The Morgan fingerprint density at radius 1 is 1.18 bits per heavy atom. The van der Waals surface area contributed by atoms with E-state index in [-0.39, 0.29) is 11.5 Å². The molecule has 0 unspecified atom stereocenters. The molecule has 0 spiro atoms. The van der Waals surface area contributed by atoms with E-state index in [9.17, 15) is 9.18 Å². The molecule has 110 valence electrons. The van der Waals surface area contributed by atoms with Gasteiger partial charge in [-0.2, -0.15) is 5.10 Å². The Kier molecular flexibility index (Phi) is 3.65. The van der Waals surface area contributed by atoms with Crippen LogP contribution in [0.2, 0.25) is 0 Å². The highest BCUT2D eigenvalue weighted by molar-refractivity contribution is 6.04. The first kappa shape index (κ1) is 13.9. The van der Waals surface area contributed by atoms with Gasteiger partial charge >= 0.3 is 0 Å². The molecule has 1 aromatic heterocycles. The first-order valence-electron chi connectivity index (χ1n) is 6.65. The van der Waals surface area contributed by atoms with E-state index >= 15 is 0 Å². The van der Waals surface area contributed by atoms with Gasteiger partial charge < -0.3 is 5.32 Å². The summed E-state index contributed by atoms with van der Waals surface area (Å²) in [5, 5.41) is 6.95. The largest absolute Gasteiger partial charge is 0.322 e.